The molecule has 1 aliphatic heterocycles. The Balaban J connectivity index is 2.31. The number of hydrazine groups is 1. The molecule has 1 aromatic heterocycles. The Morgan fingerprint density at radius 1 is 1.35 bits per heavy atom. The van der Waals surface area contributed by atoms with E-state index in [1.165, 1.54) is 0 Å². The Kier molecular flexibility index (Phi) is 3.75. The Hall–Kier alpha value is -1.40. The van der Waals surface area contributed by atoms with Crippen LogP contribution in [0.25, 0.3) is 0 Å². The van der Waals surface area contributed by atoms with Gasteiger partial charge in [0, 0.05) is 24.3 Å². The van der Waals surface area contributed by atoms with Crippen LogP contribution in [0.3, 0.4) is 0 Å². The molecule has 0 aliphatic carbocycles. The molecule has 17 heavy (non-hydrogen) atoms. The van der Waals surface area contributed by atoms with Crippen molar-refractivity contribution in [2.24, 2.45) is 5.84 Å². The average Bonchev–Trinajstić information content (AvgIpc) is 2.38. The van der Waals surface area contributed by atoms with E-state index in [9.17, 15) is 0 Å². The Labute approximate surface area is 101 Å². The molecule has 0 saturated carbocycles. The van der Waals surface area contributed by atoms with Gasteiger partial charge in [-0.1, -0.05) is 6.92 Å². The van der Waals surface area contributed by atoms with Crippen LogP contribution in [-0.2, 0) is 11.2 Å². The van der Waals surface area contributed by atoms with Crippen LogP contribution in [0.15, 0.2) is 0 Å². The summed E-state index contributed by atoms with van der Waals surface area (Å²) in [4.78, 5) is 11.1. The summed E-state index contributed by atoms with van der Waals surface area (Å²) in [6.45, 7) is 7.17. The highest BCUT2D eigenvalue weighted by Crippen LogP contribution is 2.20. The fourth-order valence-electron chi connectivity index (χ4n) is 2.03. The zero-order chi connectivity index (χ0) is 12.3. The van der Waals surface area contributed by atoms with Crippen LogP contribution in [-0.4, -0.2) is 36.3 Å². The third kappa shape index (κ3) is 2.48. The number of aromatic nitrogens is 2. The smallest absolute Gasteiger partial charge is 0.227 e. The molecule has 0 bridgehead atoms. The van der Waals surface area contributed by atoms with E-state index in [1.807, 2.05) is 6.92 Å². The second-order valence-corrected chi connectivity index (χ2v) is 4.03. The number of nitrogens with one attached hydrogen (secondary N) is 1. The number of hydrogen-bond donors (Lipinski definition) is 2. The number of morpholine rings is 1. The van der Waals surface area contributed by atoms with Crippen molar-refractivity contribution in [1.29, 1.82) is 0 Å². The molecule has 94 valence electrons. The number of aryl methyl sites for hydroxylation is 1. The second kappa shape index (κ2) is 5.29. The normalized spacial score (nSPS) is 16.1. The maximum atomic E-state index is 5.51. The van der Waals surface area contributed by atoms with Gasteiger partial charge in [-0.15, -0.1) is 0 Å². The van der Waals surface area contributed by atoms with Gasteiger partial charge >= 0.3 is 0 Å². The predicted octanol–water partition coefficient (Wildman–Crippen LogP) is 0.470. The van der Waals surface area contributed by atoms with Crippen molar-refractivity contribution in [2.45, 2.75) is 20.3 Å². The molecule has 2 rings (SSSR count). The maximum Gasteiger partial charge on any atom is 0.227 e. The maximum absolute atomic E-state index is 5.51. The van der Waals surface area contributed by atoms with E-state index in [4.69, 9.17) is 10.6 Å². The van der Waals surface area contributed by atoms with Gasteiger partial charge in [0.25, 0.3) is 0 Å². The highest BCUT2D eigenvalue weighted by atomic mass is 16.5. The van der Waals surface area contributed by atoms with Gasteiger partial charge in [0.2, 0.25) is 5.95 Å². The molecule has 0 atom stereocenters. The van der Waals surface area contributed by atoms with Gasteiger partial charge in [-0.3, -0.25) is 0 Å². The van der Waals surface area contributed by atoms with Crippen LogP contribution in [0.1, 0.15) is 18.2 Å². The Morgan fingerprint density at radius 3 is 2.65 bits per heavy atom. The van der Waals surface area contributed by atoms with E-state index < -0.39 is 0 Å². The quantitative estimate of drug-likeness (QED) is 0.588. The van der Waals surface area contributed by atoms with Crippen molar-refractivity contribution in [3.8, 4) is 0 Å². The lowest BCUT2D eigenvalue weighted by Crippen LogP contribution is -2.37. The first-order valence-corrected chi connectivity index (χ1v) is 5.93. The molecule has 1 fully saturated rings. The molecule has 1 aliphatic rings. The van der Waals surface area contributed by atoms with E-state index in [0.717, 1.165) is 55.7 Å². The monoisotopic (exact) mass is 237 g/mol. The summed E-state index contributed by atoms with van der Waals surface area (Å²) in [7, 11) is 0. The van der Waals surface area contributed by atoms with Gasteiger partial charge in [0.1, 0.15) is 5.82 Å². The van der Waals surface area contributed by atoms with Crippen molar-refractivity contribution in [1.82, 2.24) is 9.97 Å². The van der Waals surface area contributed by atoms with Gasteiger partial charge in [0.15, 0.2) is 0 Å². The fourth-order valence-corrected chi connectivity index (χ4v) is 2.03. The number of hydrogen-bond acceptors (Lipinski definition) is 6. The number of ether oxygens (including phenoxy) is 1. The molecule has 0 aromatic carbocycles. The molecule has 1 saturated heterocycles. The standard InChI is InChI=1S/C11H19N5O/c1-3-9-8(2)13-11(14-10(9)15-12)16-4-6-17-7-5-16/h3-7,12H2,1-2H3,(H,13,14,15). The van der Waals surface area contributed by atoms with Crippen molar-refractivity contribution in [2.75, 3.05) is 36.6 Å². The minimum absolute atomic E-state index is 0.724. The largest absolute Gasteiger partial charge is 0.378 e. The molecule has 6 nitrogen and oxygen atoms in total. The van der Waals surface area contributed by atoms with Gasteiger partial charge in [0.05, 0.1) is 13.2 Å². The molecule has 6 heteroatoms. The van der Waals surface area contributed by atoms with Crippen molar-refractivity contribution >= 4 is 11.8 Å². The van der Waals surface area contributed by atoms with Gasteiger partial charge in [-0.05, 0) is 13.3 Å². The molecule has 0 amide bonds. The van der Waals surface area contributed by atoms with Gasteiger partial charge in [-0.25, -0.2) is 10.8 Å². The van der Waals surface area contributed by atoms with Crippen LogP contribution in [0, 0.1) is 6.92 Å². The summed E-state index contributed by atoms with van der Waals surface area (Å²) >= 11 is 0. The summed E-state index contributed by atoms with van der Waals surface area (Å²) in [5, 5.41) is 0. The van der Waals surface area contributed by atoms with Crippen LogP contribution in [0.4, 0.5) is 11.8 Å². The lowest BCUT2D eigenvalue weighted by molar-refractivity contribution is 0.122. The zero-order valence-corrected chi connectivity index (χ0v) is 10.4. The van der Waals surface area contributed by atoms with Crippen LogP contribution in [0.2, 0.25) is 0 Å². The molecule has 3 N–H and O–H groups in total. The minimum Gasteiger partial charge on any atom is -0.378 e. The van der Waals surface area contributed by atoms with Crippen molar-refractivity contribution < 1.29 is 4.74 Å². The van der Waals surface area contributed by atoms with Gasteiger partial charge in [-0.2, -0.15) is 4.98 Å². The van der Waals surface area contributed by atoms with Crippen molar-refractivity contribution in [3.63, 3.8) is 0 Å². The lowest BCUT2D eigenvalue weighted by atomic mass is 10.2. The molecule has 2 heterocycles. The summed E-state index contributed by atoms with van der Waals surface area (Å²) in [6, 6.07) is 0. The first-order valence-electron chi connectivity index (χ1n) is 5.93. The number of nitrogens with two attached hydrogens (primary N) is 1. The molecule has 0 unspecified atom stereocenters. The zero-order valence-electron chi connectivity index (χ0n) is 10.4. The van der Waals surface area contributed by atoms with Crippen LogP contribution < -0.4 is 16.2 Å². The molecule has 1 aromatic rings. The number of anilines is 2. The fraction of sp³-hybridized carbons (Fsp3) is 0.636. The molecular formula is C11H19N5O. The second-order valence-electron chi connectivity index (χ2n) is 4.03. The van der Waals surface area contributed by atoms with E-state index in [2.05, 4.69) is 27.2 Å². The number of nitrogens with zero attached hydrogens (tertiary/aromatic N) is 3. The third-order valence-electron chi connectivity index (χ3n) is 2.99. The lowest BCUT2D eigenvalue weighted by Gasteiger charge is -2.27. The first-order chi connectivity index (χ1) is 8.26. The summed E-state index contributed by atoms with van der Waals surface area (Å²) in [6.07, 6.45) is 0.870. The molecule has 0 spiro atoms. The van der Waals surface area contributed by atoms with Crippen LogP contribution >= 0.6 is 0 Å². The van der Waals surface area contributed by atoms with Crippen molar-refractivity contribution in [3.05, 3.63) is 11.3 Å². The molecular weight excluding hydrogens is 218 g/mol. The summed E-state index contributed by atoms with van der Waals surface area (Å²) < 4.78 is 5.32. The van der Waals surface area contributed by atoms with Crippen LogP contribution in [0.5, 0.6) is 0 Å². The van der Waals surface area contributed by atoms with Gasteiger partial charge < -0.3 is 15.1 Å². The van der Waals surface area contributed by atoms with E-state index in [-0.39, 0.29) is 0 Å². The van der Waals surface area contributed by atoms with E-state index in [1.54, 1.807) is 0 Å². The first kappa shape index (κ1) is 12.1. The highest BCUT2D eigenvalue weighted by Gasteiger charge is 2.17. The van der Waals surface area contributed by atoms with E-state index >= 15 is 0 Å². The minimum atomic E-state index is 0.724. The SMILES string of the molecule is CCc1c(C)nc(N2CCOCC2)nc1NN. The highest BCUT2D eigenvalue weighted by molar-refractivity contribution is 5.50. The summed E-state index contributed by atoms with van der Waals surface area (Å²) in [5.41, 5.74) is 4.71. The Morgan fingerprint density at radius 2 is 2.06 bits per heavy atom. The molecule has 0 radical (unpaired) electrons. The number of rotatable bonds is 3. The third-order valence-corrected chi connectivity index (χ3v) is 2.99. The topological polar surface area (TPSA) is 76.3 Å². The number of nitrogen functional groups attached to an aromatic ring is 1. The Bertz CT molecular complexity index is 390. The average molecular weight is 237 g/mol. The van der Waals surface area contributed by atoms with E-state index in [0.29, 0.717) is 0 Å². The predicted molar refractivity (Wildman–Crippen MR) is 67.0 cm³/mol. The summed E-state index contributed by atoms with van der Waals surface area (Å²) in [5.74, 6) is 6.97.